The Hall–Kier alpha value is -3.74. The monoisotopic (exact) mass is 330 g/mol. The van der Waals surface area contributed by atoms with Crippen LogP contribution in [0.4, 0.5) is 11.5 Å². The minimum Gasteiger partial charge on any atom is -0.414 e. The van der Waals surface area contributed by atoms with Gasteiger partial charge in [0.05, 0.1) is 11.9 Å². The molecule has 2 heterocycles. The average Bonchev–Trinajstić information content (AvgIpc) is 3.13. The number of hydrogen-bond donors (Lipinski definition) is 2. The van der Waals surface area contributed by atoms with Gasteiger partial charge in [-0.15, -0.1) is 10.2 Å². The van der Waals surface area contributed by atoms with Gasteiger partial charge in [0.25, 0.3) is 5.89 Å². The van der Waals surface area contributed by atoms with Gasteiger partial charge in [0.15, 0.2) is 11.5 Å². The molecule has 0 aliphatic carbocycles. The summed E-state index contributed by atoms with van der Waals surface area (Å²) in [5.41, 5.74) is 15.1. The van der Waals surface area contributed by atoms with Gasteiger partial charge in [-0.05, 0) is 18.2 Å². The molecule has 0 saturated carbocycles. The smallest absolute Gasteiger partial charge is 0.270 e. The van der Waals surface area contributed by atoms with Gasteiger partial charge < -0.3 is 15.9 Å². The Balaban J connectivity index is 1.78. The SMILES string of the molecule is Nc1ccccc1-c1cnc(N)c(-c2nnc(-c3ccccc3)o2)n1. The molecular weight excluding hydrogens is 316 g/mol. The first-order chi connectivity index (χ1) is 12.2. The van der Waals surface area contributed by atoms with Crippen LogP contribution in [0.25, 0.3) is 34.3 Å². The van der Waals surface area contributed by atoms with Crippen molar-refractivity contribution in [3.8, 4) is 34.3 Å². The lowest BCUT2D eigenvalue weighted by molar-refractivity contribution is 0.582. The summed E-state index contributed by atoms with van der Waals surface area (Å²) in [4.78, 5) is 8.70. The predicted octanol–water partition coefficient (Wildman–Crippen LogP) is 3.03. The highest BCUT2D eigenvalue weighted by Gasteiger charge is 2.17. The summed E-state index contributed by atoms with van der Waals surface area (Å²) in [6.07, 6.45) is 1.57. The molecule has 0 radical (unpaired) electrons. The molecule has 2 aromatic heterocycles. The number of benzene rings is 2. The van der Waals surface area contributed by atoms with E-state index in [4.69, 9.17) is 15.9 Å². The molecule has 0 atom stereocenters. The van der Waals surface area contributed by atoms with E-state index in [1.165, 1.54) is 0 Å². The highest BCUT2D eigenvalue weighted by atomic mass is 16.4. The van der Waals surface area contributed by atoms with E-state index in [-0.39, 0.29) is 11.7 Å². The summed E-state index contributed by atoms with van der Waals surface area (Å²) in [7, 11) is 0. The van der Waals surface area contributed by atoms with E-state index in [0.717, 1.165) is 11.1 Å². The number of aromatic nitrogens is 4. The summed E-state index contributed by atoms with van der Waals surface area (Å²) < 4.78 is 5.72. The molecule has 25 heavy (non-hydrogen) atoms. The van der Waals surface area contributed by atoms with Crippen molar-refractivity contribution in [1.29, 1.82) is 0 Å². The van der Waals surface area contributed by atoms with Crippen molar-refractivity contribution in [2.24, 2.45) is 0 Å². The van der Waals surface area contributed by atoms with Crippen molar-refractivity contribution in [2.45, 2.75) is 0 Å². The first kappa shape index (κ1) is 14.8. The molecule has 0 amide bonds. The lowest BCUT2D eigenvalue weighted by Gasteiger charge is -2.06. The Bertz CT molecular complexity index is 1030. The Labute approximate surface area is 143 Å². The molecule has 4 rings (SSSR count). The Kier molecular flexibility index (Phi) is 3.59. The molecule has 0 aliphatic rings. The normalized spacial score (nSPS) is 10.7. The number of anilines is 2. The van der Waals surface area contributed by atoms with Crippen molar-refractivity contribution in [3.63, 3.8) is 0 Å². The van der Waals surface area contributed by atoms with Crippen molar-refractivity contribution in [2.75, 3.05) is 11.5 Å². The summed E-state index contributed by atoms with van der Waals surface area (Å²) >= 11 is 0. The van der Waals surface area contributed by atoms with Crippen LogP contribution < -0.4 is 11.5 Å². The van der Waals surface area contributed by atoms with E-state index in [9.17, 15) is 0 Å². The topological polar surface area (TPSA) is 117 Å². The number of nitrogens with zero attached hydrogens (tertiary/aromatic N) is 4. The van der Waals surface area contributed by atoms with Crippen LogP contribution in [0, 0.1) is 0 Å². The molecule has 4 N–H and O–H groups in total. The van der Waals surface area contributed by atoms with E-state index in [0.29, 0.717) is 23.0 Å². The second-order valence-corrected chi connectivity index (χ2v) is 5.35. The fourth-order valence-corrected chi connectivity index (χ4v) is 2.43. The summed E-state index contributed by atoms with van der Waals surface area (Å²) in [6, 6.07) is 16.9. The van der Waals surface area contributed by atoms with Gasteiger partial charge in [0.1, 0.15) is 0 Å². The van der Waals surface area contributed by atoms with E-state index in [1.807, 2.05) is 48.5 Å². The van der Waals surface area contributed by atoms with Crippen LogP contribution in [-0.2, 0) is 0 Å². The number of nitrogen functional groups attached to an aromatic ring is 2. The van der Waals surface area contributed by atoms with Crippen LogP contribution in [0.5, 0.6) is 0 Å². The van der Waals surface area contributed by atoms with Gasteiger partial charge >= 0.3 is 0 Å². The highest BCUT2D eigenvalue weighted by molar-refractivity contribution is 5.76. The van der Waals surface area contributed by atoms with Gasteiger partial charge in [-0.3, -0.25) is 0 Å². The van der Waals surface area contributed by atoms with Crippen molar-refractivity contribution >= 4 is 11.5 Å². The number of hydrogen-bond acceptors (Lipinski definition) is 7. The van der Waals surface area contributed by atoms with Crippen molar-refractivity contribution in [1.82, 2.24) is 20.2 Å². The molecule has 0 saturated heterocycles. The van der Waals surface area contributed by atoms with Crippen LogP contribution in [0.2, 0.25) is 0 Å². The molecule has 4 aromatic rings. The molecule has 0 unspecified atom stereocenters. The van der Waals surface area contributed by atoms with Crippen LogP contribution >= 0.6 is 0 Å². The van der Waals surface area contributed by atoms with Gasteiger partial charge in [0, 0.05) is 16.8 Å². The van der Waals surface area contributed by atoms with E-state index in [2.05, 4.69) is 20.2 Å². The molecule has 0 bridgehead atoms. The lowest BCUT2D eigenvalue weighted by atomic mass is 10.1. The Morgan fingerprint density at radius 1 is 0.800 bits per heavy atom. The maximum absolute atomic E-state index is 6.01. The Morgan fingerprint density at radius 3 is 2.32 bits per heavy atom. The summed E-state index contributed by atoms with van der Waals surface area (Å²) in [5.74, 6) is 0.808. The van der Waals surface area contributed by atoms with Gasteiger partial charge in [-0.1, -0.05) is 36.4 Å². The Morgan fingerprint density at radius 2 is 1.52 bits per heavy atom. The number of rotatable bonds is 3. The second kappa shape index (κ2) is 6.04. The standard InChI is InChI=1S/C18H14N6O/c19-13-9-5-4-8-12(13)14-10-21-16(20)15(22-14)18-24-23-17(25-18)11-6-2-1-3-7-11/h1-10H,19H2,(H2,20,21). The lowest BCUT2D eigenvalue weighted by Crippen LogP contribution is -2.00. The minimum absolute atomic E-state index is 0.209. The minimum atomic E-state index is 0.209. The maximum atomic E-state index is 6.01. The molecule has 122 valence electrons. The first-order valence-corrected chi connectivity index (χ1v) is 7.59. The average molecular weight is 330 g/mol. The van der Waals surface area contributed by atoms with Crippen LogP contribution in [0.1, 0.15) is 0 Å². The van der Waals surface area contributed by atoms with Crippen LogP contribution in [0.3, 0.4) is 0 Å². The third kappa shape index (κ3) is 2.78. The maximum Gasteiger partial charge on any atom is 0.270 e. The number of para-hydroxylation sites is 1. The third-order valence-electron chi connectivity index (χ3n) is 3.69. The van der Waals surface area contributed by atoms with E-state index < -0.39 is 0 Å². The zero-order valence-corrected chi connectivity index (χ0v) is 13.1. The fourth-order valence-electron chi connectivity index (χ4n) is 2.43. The van der Waals surface area contributed by atoms with E-state index in [1.54, 1.807) is 12.3 Å². The highest BCUT2D eigenvalue weighted by Crippen LogP contribution is 2.29. The first-order valence-electron chi connectivity index (χ1n) is 7.59. The zero-order chi connectivity index (χ0) is 17.2. The summed E-state index contributed by atoms with van der Waals surface area (Å²) in [6.45, 7) is 0. The molecule has 0 spiro atoms. The van der Waals surface area contributed by atoms with E-state index >= 15 is 0 Å². The van der Waals surface area contributed by atoms with Crippen molar-refractivity contribution < 1.29 is 4.42 Å². The summed E-state index contributed by atoms with van der Waals surface area (Å²) in [5, 5.41) is 8.11. The largest absolute Gasteiger partial charge is 0.414 e. The van der Waals surface area contributed by atoms with Crippen LogP contribution in [0.15, 0.2) is 65.2 Å². The zero-order valence-electron chi connectivity index (χ0n) is 13.1. The quantitative estimate of drug-likeness (QED) is 0.554. The molecule has 0 aliphatic heterocycles. The molecule has 7 heteroatoms. The van der Waals surface area contributed by atoms with Crippen molar-refractivity contribution in [3.05, 3.63) is 60.8 Å². The van der Waals surface area contributed by atoms with Crippen LogP contribution in [-0.4, -0.2) is 20.2 Å². The molecule has 7 nitrogen and oxygen atoms in total. The predicted molar refractivity (Wildman–Crippen MR) is 95.0 cm³/mol. The molecule has 0 fully saturated rings. The number of nitrogens with two attached hydrogens (primary N) is 2. The third-order valence-corrected chi connectivity index (χ3v) is 3.69. The van der Waals surface area contributed by atoms with Gasteiger partial charge in [-0.2, -0.15) is 0 Å². The van der Waals surface area contributed by atoms with Gasteiger partial charge in [-0.25, -0.2) is 9.97 Å². The fraction of sp³-hybridized carbons (Fsp3) is 0. The van der Waals surface area contributed by atoms with Gasteiger partial charge in [0.2, 0.25) is 5.89 Å². The molecule has 2 aromatic carbocycles. The second-order valence-electron chi connectivity index (χ2n) is 5.35. The molecular formula is C18H14N6O.